The van der Waals surface area contributed by atoms with E-state index in [0.717, 1.165) is 30.0 Å². The zero-order valence-corrected chi connectivity index (χ0v) is 20.6. The SMILES string of the molecule is CCS(=O)c1ccc(CNC(=O)c2cnc3c(c2)CN(Cc2ccc(N)cc2)C3C(C)C)nc1. The number of hydrogen-bond donors (Lipinski definition) is 2. The molecule has 2 aromatic heterocycles. The molecule has 1 aliphatic rings. The van der Waals surface area contributed by atoms with E-state index in [1.54, 1.807) is 24.5 Å². The van der Waals surface area contributed by atoms with E-state index in [0.29, 0.717) is 34.4 Å². The summed E-state index contributed by atoms with van der Waals surface area (Å²) in [6.07, 6.45) is 3.27. The van der Waals surface area contributed by atoms with Gasteiger partial charge < -0.3 is 11.1 Å². The average Bonchev–Trinajstić information content (AvgIpc) is 3.21. The second kappa shape index (κ2) is 10.4. The predicted octanol–water partition coefficient (Wildman–Crippen LogP) is 3.83. The number of carbonyl (C=O) groups is 1. The first kappa shape index (κ1) is 24.0. The average molecular weight is 478 g/mol. The number of anilines is 1. The van der Waals surface area contributed by atoms with Gasteiger partial charge in [-0.2, -0.15) is 0 Å². The second-order valence-electron chi connectivity index (χ2n) is 8.91. The summed E-state index contributed by atoms with van der Waals surface area (Å²) in [4.78, 5) is 24.9. The number of pyridine rings is 2. The van der Waals surface area contributed by atoms with Gasteiger partial charge in [0.2, 0.25) is 0 Å². The van der Waals surface area contributed by atoms with Crippen LogP contribution in [0.5, 0.6) is 0 Å². The van der Waals surface area contributed by atoms with Gasteiger partial charge in [-0.25, -0.2) is 0 Å². The van der Waals surface area contributed by atoms with Gasteiger partial charge in [0.1, 0.15) is 0 Å². The highest BCUT2D eigenvalue weighted by molar-refractivity contribution is 7.85. The minimum Gasteiger partial charge on any atom is -0.399 e. The maximum Gasteiger partial charge on any atom is 0.253 e. The smallest absolute Gasteiger partial charge is 0.253 e. The van der Waals surface area contributed by atoms with E-state index in [-0.39, 0.29) is 11.9 Å². The lowest BCUT2D eigenvalue weighted by atomic mass is 9.99. The Bertz CT molecular complexity index is 1180. The molecule has 0 fully saturated rings. The normalized spacial score (nSPS) is 16.4. The van der Waals surface area contributed by atoms with Crippen molar-refractivity contribution in [1.82, 2.24) is 20.2 Å². The molecule has 3 heterocycles. The molecule has 3 aromatic rings. The van der Waals surface area contributed by atoms with Crippen molar-refractivity contribution in [1.29, 1.82) is 0 Å². The number of nitrogen functional groups attached to an aromatic ring is 1. The number of aromatic nitrogens is 2. The molecule has 2 unspecified atom stereocenters. The second-order valence-corrected chi connectivity index (χ2v) is 10.6. The Labute approximate surface area is 203 Å². The lowest BCUT2D eigenvalue weighted by Gasteiger charge is -2.27. The van der Waals surface area contributed by atoms with E-state index >= 15 is 0 Å². The summed E-state index contributed by atoms with van der Waals surface area (Å²) in [5, 5.41) is 2.92. The summed E-state index contributed by atoms with van der Waals surface area (Å²) in [6.45, 7) is 8.11. The van der Waals surface area contributed by atoms with Gasteiger partial charge in [0.05, 0.1) is 45.2 Å². The molecule has 2 atom stereocenters. The molecular formula is C26H31N5O2S. The predicted molar refractivity (Wildman–Crippen MR) is 134 cm³/mol. The van der Waals surface area contributed by atoms with Crippen LogP contribution in [0.25, 0.3) is 0 Å². The monoisotopic (exact) mass is 477 g/mol. The Morgan fingerprint density at radius 3 is 2.59 bits per heavy atom. The van der Waals surface area contributed by atoms with Crippen LogP contribution in [0.15, 0.2) is 59.8 Å². The van der Waals surface area contributed by atoms with Gasteiger partial charge in [0.25, 0.3) is 5.91 Å². The van der Waals surface area contributed by atoms with Crippen molar-refractivity contribution in [3.05, 3.63) is 82.9 Å². The number of amides is 1. The summed E-state index contributed by atoms with van der Waals surface area (Å²) in [5.74, 6) is 0.757. The quantitative estimate of drug-likeness (QED) is 0.478. The number of rotatable bonds is 8. The first-order valence-corrected chi connectivity index (χ1v) is 12.9. The van der Waals surface area contributed by atoms with Crippen LogP contribution in [-0.4, -0.2) is 30.7 Å². The lowest BCUT2D eigenvalue weighted by Crippen LogP contribution is -2.25. The summed E-state index contributed by atoms with van der Waals surface area (Å²) < 4.78 is 11.9. The van der Waals surface area contributed by atoms with Gasteiger partial charge in [0, 0.05) is 36.9 Å². The molecule has 8 heteroatoms. The third-order valence-corrected chi connectivity index (χ3v) is 7.35. The van der Waals surface area contributed by atoms with E-state index < -0.39 is 10.8 Å². The van der Waals surface area contributed by atoms with E-state index in [2.05, 4.69) is 41.2 Å². The van der Waals surface area contributed by atoms with Gasteiger partial charge in [-0.05, 0) is 47.4 Å². The summed E-state index contributed by atoms with van der Waals surface area (Å²) >= 11 is 0. The van der Waals surface area contributed by atoms with Gasteiger partial charge >= 0.3 is 0 Å². The number of nitrogens with two attached hydrogens (primary N) is 1. The highest BCUT2D eigenvalue weighted by Crippen LogP contribution is 2.38. The van der Waals surface area contributed by atoms with Gasteiger partial charge in [-0.15, -0.1) is 0 Å². The van der Waals surface area contributed by atoms with Crippen molar-refractivity contribution in [2.75, 3.05) is 11.5 Å². The Morgan fingerprint density at radius 1 is 1.18 bits per heavy atom. The highest BCUT2D eigenvalue weighted by Gasteiger charge is 2.34. The molecule has 4 rings (SSSR count). The molecule has 1 aliphatic heterocycles. The van der Waals surface area contributed by atoms with Crippen molar-refractivity contribution in [2.24, 2.45) is 5.92 Å². The number of benzene rings is 1. The standard InChI is InChI=1S/C26H31N5O2S/c1-4-34(33)23-10-9-22(28-14-23)13-30-26(32)19-11-20-16-31(15-18-5-7-21(27)8-6-18)25(17(2)3)24(20)29-12-19/h5-12,14,17,25H,4,13,15-16,27H2,1-3H3,(H,30,32). The molecule has 7 nitrogen and oxygen atoms in total. The molecular weight excluding hydrogens is 446 g/mol. The summed E-state index contributed by atoms with van der Waals surface area (Å²) in [6, 6.07) is 13.7. The molecule has 0 spiro atoms. The fourth-order valence-corrected chi connectivity index (χ4v) is 5.09. The fourth-order valence-electron chi connectivity index (χ4n) is 4.37. The number of hydrogen-bond acceptors (Lipinski definition) is 6. The fraction of sp³-hybridized carbons (Fsp3) is 0.346. The minimum atomic E-state index is -1.03. The summed E-state index contributed by atoms with van der Waals surface area (Å²) in [7, 11) is -1.03. The third kappa shape index (κ3) is 5.34. The van der Waals surface area contributed by atoms with E-state index in [1.807, 2.05) is 25.1 Å². The van der Waals surface area contributed by atoms with Crippen LogP contribution in [0.2, 0.25) is 0 Å². The number of fused-ring (bicyclic) bond motifs is 1. The van der Waals surface area contributed by atoms with Gasteiger partial charge in [-0.1, -0.05) is 32.9 Å². The van der Waals surface area contributed by atoms with Crippen LogP contribution in [-0.2, 0) is 30.4 Å². The number of nitrogens with zero attached hydrogens (tertiary/aromatic N) is 3. The maximum atomic E-state index is 12.8. The number of carbonyl (C=O) groups excluding carboxylic acids is 1. The zero-order chi connectivity index (χ0) is 24.2. The van der Waals surface area contributed by atoms with Crippen LogP contribution in [0.4, 0.5) is 5.69 Å². The first-order chi connectivity index (χ1) is 16.4. The van der Waals surface area contributed by atoms with Crippen molar-refractivity contribution in [2.45, 2.75) is 51.3 Å². The molecule has 3 N–H and O–H groups in total. The first-order valence-electron chi connectivity index (χ1n) is 11.5. The zero-order valence-electron chi connectivity index (χ0n) is 19.8. The Balaban J connectivity index is 1.44. The van der Waals surface area contributed by atoms with Crippen LogP contribution < -0.4 is 11.1 Å². The van der Waals surface area contributed by atoms with Gasteiger partial charge in [-0.3, -0.25) is 23.9 Å². The largest absolute Gasteiger partial charge is 0.399 e. The minimum absolute atomic E-state index is 0.184. The van der Waals surface area contributed by atoms with E-state index in [9.17, 15) is 9.00 Å². The van der Waals surface area contributed by atoms with Crippen LogP contribution in [0.3, 0.4) is 0 Å². The summed E-state index contributed by atoms with van der Waals surface area (Å²) in [5.41, 5.74) is 11.2. The third-order valence-electron chi connectivity index (χ3n) is 6.06. The molecule has 0 aliphatic carbocycles. The van der Waals surface area contributed by atoms with E-state index in [1.165, 1.54) is 5.56 Å². The molecule has 0 saturated heterocycles. The lowest BCUT2D eigenvalue weighted by molar-refractivity contribution is 0.0950. The number of nitrogens with one attached hydrogen (secondary N) is 1. The molecule has 1 aromatic carbocycles. The van der Waals surface area contributed by atoms with Crippen LogP contribution in [0, 0.1) is 5.92 Å². The maximum absolute atomic E-state index is 12.8. The molecule has 0 radical (unpaired) electrons. The Kier molecular flexibility index (Phi) is 7.38. The Hall–Kier alpha value is -3.10. The molecule has 1 amide bonds. The Morgan fingerprint density at radius 2 is 1.94 bits per heavy atom. The van der Waals surface area contributed by atoms with Crippen molar-refractivity contribution < 1.29 is 9.00 Å². The van der Waals surface area contributed by atoms with E-state index in [4.69, 9.17) is 10.7 Å². The molecule has 34 heavy (non-hydrogen) atoms. The molecule has 0 bridgehead atoms. The molecule has 178 valence electrons. The van der Waals surface area contributed by atoms with Crippen molar-refractivity contribution in [3.63, 3.8) is 0 Å². The van der Waals surface area contributed by atoms with Crippen LogP contribution in [0.1, 0.15) is 59.7 Å². The van der Waals surface area contributed by atoms with Crippen LogP contribution >= 0.6 is 0 Å². The topological polar surface area (TPSA) is 101 Å². The van der Waals surface area contributed by atoms with Crippen molar-refractivity contribution >= 4 is 22.4 Å². The van der Waals surface area contributed by atoms with Gasteiger partial charge in [0.15, 0.2) is 0 Å². The molecule has 0 saturated carbocycles. The highest BCUT2D eigenvalue weighted by atomic mass is 32.2. The van der Waals surface area contributed by atoms with Crippen molar-refractivity contribution in [3.8, 4) is 0 Å².